The number of piperazine rings is 1. The summed E-state index contributed by atoms with van der Waals surface area (Å²) in [5.74, 6) is -0.134. The van der Waals surface area contributed by atoms with Crippen LogP contribution >= 0.6 is 11.6 Å². The molecule has 1 aromatic heterocycles. The van der Waals surface area contributed by atoms with Crippen LogP contribution in [0, 0.1) is 12.7 Å². The highest BCUT2D eigenvalue weighted by atomic mass is 35.5. The van der Waals surface area contributed by atoms with Crippen LogP contribution in [0.5, 0.6) is 0 Å². The van der Waals surface area contributed by atoms with E-state index in [1.165, 1.54) is 18.3 Å². The van der Waals surface area contributed by atoms with E-state index >= 15 is 0 Å². The first-order valence-corrected chi connectivity index (χ1v) is 12.5. The number of hydrogen-bond acceptors (Lipinski definition) is 6. The Morgan fingerprint density at radius 1 is 1.20 bits per heavy atom. The maximum absolute atomic E-state index is 13.8. The second-order valence-electron chi connectivity index (χ2n) is 9.14. The lowest BCUT2D eigenvalue weighted by molar-refractivity contribution is 0.0490. The monoisotopic (exact) mass is 502 g/mol. The minimum Gasteiger partial charge on any atom is -0.354 e. The van der Waals surface area contributed by atoms with Crippen LogP contribution < -0.4 is 10.2 Å². The zero-order valence-electron chi connectivity index (χ0n) is 20.4. The van der Waals surface area contributed by atoms with Gasteiger partial charge in [0.1, 0.15) is 17.3 Å². The molecular formula is C25H32ClFN6O2. The molecule has 8 nitrogen and oxygen atoms in total. The molecule has 1 aromatic carbocycles. The Hall–Kier alpha value is -2.78. The number of piperidine rings is 1. The third kappa shape index (κ3) is 5.41. The van der Waals surface area contributed by atoms with Gasteiger partial charge in [0.25, 0.3) is 11.8 Å². The molecule has 1 atom stereocenters. The maximum Gasteiger partial charge on any atom is 0.271 e. The number of nitrogens with zero attached hydrogens (tertiary/aromatic N) is 5. The summed E-state index contributed by atoms with van der Waals surface area (Å²) in [5, 5.41) is 2.60. The number of aryl methyl sites for hydroxylation is 1. The first-order valence-electron chi connectivity index (χ1n) is 12.1. The molecule has 2 aliphatic rings. The van der Waals surface area contributed by atoms with Crippen LogP contribution in [0.3, 0.4) is 0 Å². The Balaban J connectivity index is 1.37. The Labute approximate surface area is 210 Å². The molecule has 2 saturated heterocycles. The Morgan fingerprint density at radius 3 is 2.57 bits per heavy atom. The van der Waals surface area contributed by atoms with Crippen molar-refractivity contribution in [3.8, 4) is 0 Å². The van der Waals surface area contributed by atoms with Crippen LogP contribution in [0.15, 0.2) is 24.4 Å². The number of nitrogens with one attached hydrogen (secondary N) is 1. The van der Waals surface area contributed by atoms with E-state index in [-0.39, 0.29) is 16.8 Å². The zero-order valence-corrected chi connectivity index (χ0v) is 21.2. The van der Waals surface area contributed by atoms with Crippen LogP contribution in [-0.4, -0.2) is 83.4 Å². The topological polar surface area (TPSA) is 81.7 Å². The van der Waals surface area contributed by atoms with Crippen LogP contribution in [0.2, 0.25) is 5.02 Å². The van der Waals surface area contributed by atoms with Crippen molar-refractivity contribution >= 4 is 29.2 Å². The van der Waals surface area contributed by atoms with Crippen molar-refractivity contribution in [1.29, 1.82) is 0 Å². The Morgan fingerprint density at radius 2 is 1.94 bits per heavy atom. The second-order valence-corrected chi connectivity index (χ2v) is 9.55. The lowest BCUT2D eigenvalue weighted by Gasteiger charge is -2.47. The third-order valence-electron chi connectivity index (χ3n) is 7.07. The van der Waals surface area contributed by atoms with Gasteiger partial charge in [-0.3, -0.25) is 14.5 Å². The summed E-state index contributed by atoms with van der Waals surface area (Å²) >= 11 is 5.75. The third-order valence-corrected chi connectivity index (χ3v) is 7.37. The van der Waals surface area contributed by atoms with E-state index < -0.39 is 5.82 Å². The number of hydrogen-bond donors (Lipinski definition) is 1. The molecule has 188 valence electrons. The zero-order chi connectivity index (χ0) is 25.1. The van der Waals surface area contributed by atoms with E-state index in [1.54, 1.807) is 13.1 Å². The second kappa shape index (κ2) is 10.9. The average Bonchev–Trinajstić information content (AvgIpc) is 2.89. The number of halogens is 2. The number of benzene rings is 1. The molecule has 10 heteroatoms. The fourth-order valence-electron chi connectivity index (χ4n) is 5.14. The summed E-state index contributed by atoms with van der Waals surface area (Å²) in [6, 6.07) is 4.99. The molecule has 4 rings (SSSR count). The Kier molecular flexibility index (Phi) is 7.86. The van der Waals surface area contributed by atoms with E-state index in [4.69, 9.17) is 11.6 Å². The van der Waals surface area contributed by atoms with Crippen LogP contribution in [0.4, 0.5) is 10.2 Å². The summed E-state index contributed by atoms with van der Waals surface area (Å²) < 4.78 is 13.8. The molecule has 2 amide bonds. The summed E-state index contributed by atoms with van der Waals surface area (Å²) in [5.41, 5.74) is 1.41. The molecule has 0 aliphatic carbocycles. The molecule has 2 fully saturated rings. The van der Waals surface area contributed by atoms with Gasteiger partial charge in [-0.15, -0.1) is 0 Å². The van der Waals surface area contributed by atoms with Crippen LogP contribution in [0.1, 0.15) is 52.7 Å². The smallest absolute Gasteiger partial charge is 0.271 e. The average molecular weight is 503 g/mol. The van der Waals surface area contributed by atoms with Gasteiger partial charge < -0.3 is 15.1 Å². The molecule has 2 aliphatic heterocycles. The minimum absolute atomic E-state index is 0.0218. The molecular weight excluding hydrogens is 471 g/mol. The van der Waals surface area contributed by atoms with Crippen LogP contribution in [-0.2, 0) is 0 Å². The first kappa shape index (κ1) is 25.3. The maximum atomic E-state index is 13.8. The minimum atomic E-state index is -0.570. The van der Waals surface area contributed by atoms with Gasteiger partial charge in [0.05, 0.1) is 16.9 Å². The predicted octanol–water partition coefficient (Wildman–Crippen LogP) is 3.14. The van der Waals surface area contributed by atoms with E-state index in [0.29, 0.717) is 36.4 Å². The summed E-state index contributed by atoms with van der Waals surface area (Å²) in [4.78, 5) is 40.3. The van der Waals surface area contributed by atoms with Crippen molar-refractivity contribution in [3.05, 3.63) is 52.2 Å². The molecule has 2 aromatic rings. The molecule has 0 spiro atoms. The first-order chi connectivity index (χ1) is 16.8. The van der Waals surface area contributed by atoms with Gasteiger partial charge in [-0.2, -0.15) is 0 Å². The van der Waals surface area contributed by atoms with Crippen LogP contribution in [0.25, 0.3) is 0 Å². The van der Waals surface area contributed by atoms with Gasteiger partial charge in [-0.05, 0) is 44.4 Å². The Bertz CT molecular complexity index is 1090. The summed E-state index contributed by atoms with van der Waals surface area (Å²) in [7, 11) is 1.58. The standard InChI is InChI=1S/C25H32ClFN6O2/c1-4-18-15-32(23-16(2)30-22(14-29-23)24(34)28-3)11-12-33(18)19-7-9-31(10-8-19)25(35)17-5-6-20(26)21(27)13-17/h5-6,13-14,18-19H,4,7-12,15H2,1-3H3,(H,28,34)/t18-/m0/s1. The van der Waals surface area contributed by atoms with Gasteiger partial charge in [-0.25, -0.2) is 14.4 Å². The summed E-state index contributed by atoms with van der Waals surface area (Å²) in [6.07, 6.45) is 4.31. The van der Waals surface area contributed by atoms with Crippen molar-refractivity contribution in [2.75, 3.05) is 44.7 Å². The van der Waals surface area contributed by atoms with Crippen molar-refractivity contribution in [2.45, 2.75) is 45.2 Å². The quantitative estimate of drug-likeness (QED) is 0.676. The molecule has 35 heavy (non-hydrogen) atoms. The highest BCUT2D eigenvalue weighted by molar-refractivity contribution is 6.30. The van der Waals surface area contributed by atoms with Crippen molar-refractivity contribution in [1.82, 2.24) is 25.1 Å². The number of anilines is 1. The van der Waals surface area contributed by atoms with E-state index in [9.17, 15) is 14.0 Å². The van der Waals surface area contributed by atoms with Crippen molar-refractivity contribution in [3.63, 3.8) is 0 Å². The number of carbonyl (C=O) groups is 2. The van der Waals surface area contributed by atoms with Gasteiger partial charge >= 0.3 is 0 Å². The van der Waals surface area contributed by atoms with E-state index in [2.05, 4.69) is 32.0 Å². The highest BCUT2D eigenvalue weighted by Gasteiger charge is 2.35. The molecule has 0 unspecified atom stereocenters. The predicted molar refractivity (Wildman–Crippen MR) is 133 cm³/mol. The lowest BCUT2D eigenvalue weighted by atomic mass is 9.97. The SMILES string of the molecule is CC[C@H]1CN(c2ncc(C(=O)NC)nc2C)CCN1C1CCN(C(=O)c2ccc(Cl)c(F)c2)CC1. The van der Waals surface area contributed by atoms with Crippen molar-refractivity contribution < 1.29 is 14.0 Å². The molecule has 0 saturated carbocycles. The number of aromatic nitrogens is 2. The van der Waals surface area contributed by atoms with Crippen molar-refractivity contribution in [2.24, 2.45) is 0 Å². The fourth-order valence-corrected chi connectivity index (χ4v) is 5.26. The molecule has 0 radical (unpaired) electrons. The summed E-state index contributed by atoms with van der Waals surface area (Å²) in [6.45, 7) is 7.95. The van der Waals surface area contributed by atoms with Gasteiger partial charge in [0.15, 0.2) is 0 Å². The molecule has 3 heterocycles. The molecule has 0 bridgehead atoms. The lowest BCUT2D eigenvalue weighted by Crippen LogP contribution is -2.59. The van der Waals surface area contributed by atoms with Gasteiger partial charge in [0.2, 0.25) is 0 Å². The number of amides is 2. The highest BCUT2D eigenvalue weighted by Crippen LogP contribution is 2.27. The number of likely N-dealkylation sites (tertiary alicyclic amines) is 1. The fraction of sp³-hybridized carbons (Fsp3) is 0.520. The van der Waals surface area contributed by atoms with Gasteiger partial charge in [-0.1, -0.05) is 18.5 Å². The number of rotatable bonds is 5. The van der Waals surface area contributed by atoms with E-state index in [0.717, 1.165) is 50.4 Å². The molecule has 1 N–H and O–H groups in total. The normalized spacial score (nSPS) is 19.6. The van der Waals surface area contributed by atoms with Gasteiger partial charge in [0, 0.05) is 57.4 Å². The largest absolute Gasteiger partial charge is 0.354 e. The number of carbonyl (C=O) groups excluding carboxylic acids is 2. The van der Waals surface area contributed by atoms with E-state index in [1.807, 2.05) is 11.8 Å².